The van der Waals surface area contributed by atoms with Gasteiger partial charge in [0.15, 0.2) is 0 Å². The molecule has 4 unspecified atom stereocenters. The van der Waals surface area contributed by atoms with Crippen LogP contribution in [0.4, 0.5) is 0 Å². The molecular weight excluding hydrogens is 573 g/mol. The van der Waals surface area contributed by atoms with Crippen LogP contribution in [-0.2, 0) is 18.1 Å². The molecular formula is C33H51ClNO6P. The summed E-state index contributed by atoms with van der Waals surface area (Å²) in [6.07, 6.45) is 12.2. The Bertz CT molecular complexity index is 1170. The van der Waals surface area contributed by atoms with Crippen LogP contribution in [0.3, 0.4) is 0 Å². The third kappa shape index (κ3) is 5.35. The van der Waals surface area contributed by atoms with E-state index in [1.807, 2.05) is 0 Å². The van der Waals surface area contributed by atoms with E-state index >= 15 is 0 Å². The molecule has 6 rings (SSSR count). The molecule has 42 heavy (non-hydrogen) atoms. The van der Waals surface area contributed by atoms with Gasteiger partial charge in [-0.3, -0.25) is 18.6 Å². The second-order valence-electron chi connectivity index (χ2n) is 14.8. The van der Waals surface area contributed by atoms with Gasteiger partial charge in [-0.05, 0) is 110 Å². The van der Waals surface area contributed by atoms with Crippen LogP contribution >= 0.6 is 19.4 Å². The zero-order chi connectivity index (χ0) is 29.9. The fraction of sp³-hybridized carbons (Fsp3) is 0.848. The third-order valence-corrected chi connectivity index (χ3v) is 14.8. The number of nitrogens with zero attached hydrogens (tertiary/aromatic N) is 1. The summed E-state index contributed by atoms with van der Waals surface area (Å²) in [5, 5.41) is 23.0. The number of fused-ring (bicyclic) bond motifs is 5. The lowest BCUT2D eigenvalue weighted by molar-refractivity contribution is -0.203. The maximum absolute atomic E-state index is 13.4. The molecule has 0 amide bonds. The second-order valence-corrected chi connectivity index (χ2v) is 16.8. The number of phosphoric acid groups is 1. The minimum absolute atomic E-state index is 0.183. The monoisotopic (exact) mass is 623 g/mol. The van der Waals surface area contributed by atoms with Gasteiger partial charge in [0.2, 0.25) is 0 Å². The molecule has 4 aliphatic carbocycles. The van der Waals surface area contributed by atoms with E-state index in [1.165, 1.54) is 25.7 Å². The van der Waals surface area contributed by atoms with Gasteiger partial charge in [-0.2, -0.15) is 0 Å². The first-order valence-electron chi connectivity index (χ1n) is 16.5. The lowest BCUT2D eigenvalue weighted by atomic mass is 9.41. The average molecular weight is 624 g/mol. The molecule has 0 spiro atoms. The molecule has 7 nitrogen and oxygen atoms in total. The highest BCUT2D eigenvalue weighted by Gasteiger charge is 2.64. The molecule has 4 saturated carbocycles. The normalized spacial score (nSPS) is 47.7. The molecule has 5 aliphatic rings. The molecule has 236 valence electrons. The highest BCUT2D eigenvalue weighted by molar-refractivity contribution is 7.48. The number of pyridine rings is 1. The van der Waals surface area contributed by atoms with Gasteiger partial charge in [0, 0.05) is 24.4 Å². The van der Waals surface area contributed by atoms with Crippen LogP contribution in [0.5, 0.6) is 0 Å². The number of rotatable bonds is 7. The van der Waals surface area contributed by atoms with Gasteiger partial charge in [-0.1, -0.05) is 45.7 Å². The molecule has 9 heteroatoms. The number of aliphatic hydroxyl groups excluding tert-OH is 2. The first-order chi connectivity index (χ1) is 20.0. The maximum atomic E-state index is 13.4. The van der Waals surface area contributed by atoms with Crippen molar-refractivity contribution in [2.75, 3.05) is 13.2 Å². The summed E-state index contributed by atoms with van der Waals surface area (Å²) in [6.45, 7) is 10.2. The van der Waals surface area contributed by atoms with E-state index in [0.29, 0.717) is 60.2 Å². The summed E-state index contributed by atoms with van der Waals surface area (Å²) >= 11 is 6.31. The van der Waals surface area contributed by atoms with Crippen molar-refractivity contribution in [1.82, 2.24) is 4.98 Å². The Morgan fingerprint density at radius 1 is 1.12 bits per heavy atom. The predicted octanol–water partition coefficient (Wildman–Crippen LogP) is 7.99. The van der Waals surface area contributed by atoms with E-state index < -0.39 is 13.9 Å². The Morgan fingerprint density at radius 2 is 1.88 bits per heavy atom. The fourth-order valence-electron chi connectivity index (χ4n) is 10.9. The number of hydrogen-bond acceptors (Lipinski definition) is 7. The molecule has 2 heterocycles. The van der Waals surface area contributed by atoms with Gasteiger partial charge in [0.1, 0.15) is 0 Å². The first-order valence-corrected chi connectivity index (χ1v) is 18.4. The smallest absolute Gasteiger partial charge is 0.393 e. The summed E-state index contributed by atoms with van der Waals surface area (Å²) in [7, 11) is -3.68. The van der Waals surface area contributed by atoms with Crippen molar-refractivity contribution < 1.29 is 28.3 Å². The van der Waals surface area contributed by atoms with E-state index in [-0.39, 0.29) is 29.0 Å². The van der Waals surface area contributed by atoms with Crippen LogP contribution in [0.1, 0.15) is 104 Å². The van der Waals surface area contributed by atoms with Crippen molar-refractivity contribution in [3.05, 3.63) is 29.0 Å². The van der Waals surface area contributed by atoms with Crippen LogP contribution in [0.2, 0.25) is 5.02 Å². The number of aliphatic hydroxyl groups is 2. The summed E-state index contributed by atoms with van der Waals surface area (Å²) < 4.78 is 30.6. The molecule has 0 radical (unpaired) electrons. The van der Waals surface area contributed by atoms with Gasteiger partial charge in [0.25, 0.3) is 0 Å². The van der Waals surface area contributed by atoms with Gasteiger partial charge >= 0.3 is 7.82 Å². The minimum Gasteiger partial charge on any atom is -0.393 e. The molecule has 0 aromatic carbocycles. The van der Waals surface area contributed by atoms with Crippen molar-refractivity contribution in [3.8, 4) is 0 Å². The van der Waals surface area contributed by atoms with Crippen LogP contribution in [0.15, 0.2) is 18.5 Å². The van der Waals surface area contributed by atoms with Crippen LogP contribution in [0, 0.1) is 52.3 Å². The Labute approximate surface area is 257 Å². The molecule has 2 N–H and O–H groups in total. The van der Waals surface area contributed by atoms with Gasteiger partial charge in [-0.25, -0.2) is 4.57 Å². The van der Waals surface area contributed by atoms with Crippen LogP contribution in [-0.4, -0.2) is 40.6 Å². The third-order valence-electron chi connectivity index (χ3n) is 13.0. The number of aromatic nitrogens is 1. The topological polar surface area (TPSA) is 98.1 Å². The van der Waals surface area contributed by atoms with Crippen LogP contribution < -0.4 is 0 Å². The second kappa shape index (κ2) is 12.0. The molecule has 1 aromatic heterocycles. The summed E-state index contributed by atoms with van der Waals surface area (Å²) in [5.41, 5.74) is 1.16. The molecule has 1 aliphatic heterocycles. The molecule has 1 saturated heterocycles. The van der Waals surface area contributed by atoms with Crippen molar-refractivity contribution in [2.45, 2.75) is 110 Å². The van der Waals surface area contributed by atoms with Crippen molar-refractivity contribution in [1.29, 1.82) is 0 Å². The lowest BCUT2D eigenvalue weighted by Gasteiger charge is -2.64. The fourth-order valence-corrected chi connectivity index (χ4v) is 12.5. The average Bonchev–Trinajstić information content (AvgIpc) is 3.31. The zero-order valence-corrected chi connectivity index (χ0v) is 27.4. The maximum Gasteiger partial charge on any atom is 0.475 e. The van der Waals surface area contributed by atoms with E-state index in [1.54, 1.807) is 18.5 Å². The number of halogens is 1. The standard InChI is InChI=1S/C33H51ClNO6P/c1-5-22-27-18-21(36)8-13-33(27,4)26-9-14-32(3)24(6-7-25(32)30(26)31(22)37)20(2)11-16-39-42(38)40-17-12-29(41-42)23-10-15-35-19-28(23)34/h10,15,19-22,24-27,29-31,36-37H,5-9,11-14,16-18H2,1-4H3/t20-,21-,22-,24-,25?,26?,27?,29+,30?,31-,32-,33-,42-/m1/s1. The van der Waals surface area contributed by atoms with E-state index in [0.717, 1.165) is 37.7 Å². The van der Waals surface area contributed by atoms with Gasteiger partial charge in [0.05, 0.1) is 36.5 Å². The van der Waals surface area contributed by atoms with Crippen LogP contribution in [0.25, 0.3) is 0 Å². The summed E-state index contributed by atoms with van der Waals surface area (Å²) in [4.78, 5) is 4.03. The van der Waals surface area contributed by atoms with Gasteiger partial charge in [-0.15, -0.1) is 0 Å². The molecule has 1 aromatic rings. The van der Waals surface area contributed by atoms with E-state index in [4.69, 9.17) is 25.2 Å². The number of hydrogen-bond donors (Lipinski definition) is 2. The molecule has 5 fully saturated rings. The lowest BCUT2D eigenvalue weighted by Crippen LogP contribution is -2.62. The summed E-state index contributed by atoms with van der Waals surface area (Å²) in [5.74, 6) is 3.03. The Hall–Kier alpha value is -0.530. The van der Waals surface area contributed by atoms with E-state index in [9.17, 15) is 14.8 Å². The SMILES string of the molecule is CC[C@@H]1C2C[C@H](O)CC[C@]2(C)C2CC[C@@]3(C)C(CC[C@@H]3[C@H](C)CCO[P@]3(=O)OCC[C@@H](c4ccncc4Cl)O3)C2[C@@H]1O. The van der Waals surface area contributed by atoms with Crippen molar-refractivity contribution in [3.63, 3.8) is 0 Å². The minimum atomic E-state index is -3.68. The molecule has 0 bridgehead atoms. The van der Waals surface area contributed by atoms with Crippen molar-refractivity contribution >= 4 is 19.4 Å². The molecule has 13 atom stereocenters. The largest absolute Gasteiger partial charge is 0.475 e. The quantitative estimate of drug-likeness (QED) is 0.297. The zero-order valence-electron chi connectivity index (χ0n) is 25.8. The highest BCUT2D eigenvalue weighted by atomic mass is 35.5. The van der Waals surface area contributed by atoms with Gasteiger partial charge < -0.3 is 10.2 Å². The number of phosphoric ester groups is 1. The van der Waals surface area contributed by atoms with Crippen molar-refractivity contribution in [2.24, 2.45) is 52.3 Å². The first kappa shape index (κ1) is 31.5. The summed E-state index contributed by atoms with van der Waals surface area (Å²) in [6, 6.07) is 1.79. The predicted molar refractivity (Wildman–Crippen MR) is 163 cm³/mol. The Morgan fingerprint density at radius 3 is 2.64 bits per heavy atom. The Kier molecular flexibility index (Phi) is 8.99. The van der Waals surface area contributed by atoms with E-state index in [2.05, 4.69) is 32.7 Å². The Balaban J connectivity index is 1.11. The highest BCUT2D eigenvalue weighted by Crippen LogP contribution is 2.69.